The minimum atomic E-state index is -0.623. The predicted molar refractivity (Wildman–Crippen MR) is 138 cm³/mol. The first-order chi connectivity index (χ1) is 16.4. The number of carbonyl (C=O) groups excluding carboxylic acids is 1. The van der Waals surface area contributed by atoms with Crippen LogP contribution in [0, 0.1) is 18.9 Å². The van der Waals surface area contributed by atoms with Crippen LogP contribution in [0.5, 0.6) is 0 Å². The number of hydrogen-bond donors (Lipinski definition) is 2. The van der Waals surface area contributed by atoms with Gasteiger partial charge in [0.05, 0.1) is 24.0 Å². The van der Waals surface area contributed by atoms with Gasteiger partial charge in [0.2, 0.25) is 0 Å². The quantitative estimate of drug-likeness (QED) is 0.481. The molecule has 2 unspecified atom stereocenters. The molecule has 2 N–H and O–H groups in total. The molecule has 5 rings (SSSR count). The first kappa shape index (κ1) is 23.8. The fourth-order valence-corrected chi connectivity index (χ4v) is 6.36. The molecule has 0 spiro atoms. The van der Waals surface area contributed by atoms with Gasteiger partial charge in [0.1, 0.15) is 0 Å². The smallest absolute Gasteiger partial charge is 0.291 e. The average molecular weight is 473 g/mol. The van der Waals surface area contributed by atoms with E-state index in [4.69, 9.17) is 11.3 Å². The van der Waals surface area contributed by atoms with Gasteiger partial charge >= 0.3 is 0 Å². The Morgan fingerprint density at radius 2 is 1.86 bits per heavy atom. The second kappa shape index (κ2) is 8.06. The third-order valence-corrected chi connectivity index (χ3v) is 8.26. The van der Waals surface area contributed by atoms with Gasteiger partial charge in [-0.3, -0.25) is 4.79 Å². The standard InChI is InChI=1S/C29H36N4O2/c1-19-16-31-24(32-19)25(34)33-23-8-7-21(15-22(23)20-9-11-26(2,3)12-10-20)29(30-6)17-27(4)13-14-28(5,18-29)35-27/h7-9,15-16H,10-14,17-18H2,1-5H3,(H,31,32)(H,33,34)/t27-,28?,29?/m1/s1. The van der Waals surface area contributed by atoms with Gasteiger partial charge in [0, 0.05) is 28.7 Å². The fourth-order valence-electron chi connectivity index (χ4n) is 6.36. The molecule has 35 heavy (non-hydrogen) atoms. The van der Waals surface area contributed by atoms with Gasteiger partial charge in [-0.2, -0.15) is 0 Å². The van der Waals surface area contributed by atoms with Crippen molar-refractivity contribution in [3.63, 3.8) is 0 Å². The highest BCUT2D eigenvalue weighted by Crippen LogP contribution is 2.57. The number of anilines is 1. The van der Waals surface area contributed by atoms with Crippen LogP contribution in [-0.2, 0) is 10.3 Å². The Morgan fingerprint density at radius 3 is 2.43 bits per heavy atom. The molecule has 3 atom stereocenters. The van der Waals surface area contributed by atoms with Gasteiger partial charge < -0.3 is 19.9 Å². The van der Waals surface area contributed by atoms with E-state index < -0.39 is 5.54 Å². The van der Waals surface area contributed by atoms with Crippen LogP contribution in [0.3, 0.4) is 0 Å². The number of allylic oxidation sites excluding steroid dienone is 2. The lowest BCUT2D eigenvalue weighted by atomic mass is 9.72. The summed E-state index contributed by atoms with van der Waals surface area (Å²) in [6, 6.07) is 6.19. The number of rotatable bonds is 4. The fraction of sp³-hybridized carbons (Fsp3) is 0.552. The summed E-state index contributed by atoms with van der Waals surface area (Å²) in [6.45, 7) is 19.1. The number of fused-ring (bicyclic) bond motifs is 2. The Morgan fingerprint density at radius 1 is 1.14 bits per heavy atom. The summed E-state index contributed by atoms with van der Waals surface area (Å²) < 4.78 is 6.43. The van der Waals surface area contributed by atoms with E-state index in [1.165, 1.54) is 5.57 Å². The zero-order chi connectivity index (χ0) is 25.1. The molecule has 1 aliphatic carbocycles. The zero-order valence-corrected chi connectivity index (χ0v) is 21.5. The van der Waals surface area contributed by atoms with Gasteiger partial charge in [0.15, 0.2) is 5.82 Å². The summed E-state index contributed by atoms with van der Waals surface area (Å²) >= 11 is 0. The van der Waals surface area contributed by atoms with Crippen LogP contribution in [0.25, 0.3) is 10.4 Å². The molecule has 6 nitrogen and oxygen atoms in total. The van der Waals surface area contributed by atoms with E-state index in [-0.39, 0.29) is 22.5 Å². The van der Waals surface area contributed by atoms with Gasteiger partial charge in [-0.1, -0.05) is 19.9 Å². The van der Waals surface area contributed by atoms with Crippen molar-refractivity contribution in [2.75, 3.05) is 5.32 Å². The summed E-state index contributed by atoms with van der Waals surface area (Å²) in [5, 5.41) is 3.09. The van der Waals surface area contributed by atoms with E-state index in [0.717, 1.165) is 54.6 Å². The van der Waals surface area contributed by atoms with Crippen molar-refractivity contribution >= 4 is 17.2 Å². The number of nitrogens with one attached hydrogen (secondary N) is 2. The third kappa shape index (κ3) is 4.43. The molecule has 2 aliphatic heterocycles. The van der Waals surface area contributed by atoms with E-state index in [2.05, 4.69) is 60.0 Å². The summed E-state index contributed by atoms with van der Waals surface area (Å²) in [5.41, 5.74) is 4.02. The summed E-state index contributed by atoms with van der Waals surface area (Å²) in [5.74, 6) is 0.0450. The van der Waals surface area contributed by atoms with Crippen LogP contribution in [0.15, 0.2) is 30.5 Å². The maximum absolute atomic E-state index is 13.0. The van der Waals surface area contributed by atoms with E-state index in [0.29, 0.717) is 18.7 Å². The van der Waals surface area contributed by atoms with E-state index in [1.54, 1.807) is 6.20 Å². The number of aromatic amines is 1. The number of aryl methyl sites for hydroxylation is 1. The van der Waals surface area contributed by atoms with Crippen LogP contribution in [0.2, 0.25) is 0 Å². The average Bonchev–Trinajstić information content (AvgIpc) is 3.33. The first-order valence-electron chi connectivity index (χ1n) is 12.7. The monoisotopic (exact) mass is 472 g/mol. The predicted octanol–water partition coefficient (Wildman–Crippen LogP) is 6.80. The van der Waals surface area contributed by atoms with Crippen LogP contribution in [0.4, 0.5) is 5.69 Å². The normalized spacial score (nSPS) is 31.5. The van der Waals surface area contributed by atoms with Crippen LogP contribution in [-0.4, -0.2) is 27.1 Å². The molecule has 0 radical (unpaired) electrons. The van der Waals surface area contributed by atoms with E-state index in [1.807, 2.05) is 19.1 Å². The van der Waals surface area contributed by atoms with Crippen molar-refractivity contribution < 1.29 is 9.53 Å². The lowest BCUT2D eigenvalue weighted by Gasteiger charge is -2.42. The summed E-state index contributed by atoms with van der Waals surface area (Å²) in [4.78, 5) is 24.4. The number of imidazole rings is 1. The highest BCUT2D eigenvalue weighted by molar-refractivity contribution is 6.03. The largest absolute Gasteiger partial charge is 0.368 e. The van der Waals surface area contributed by atoms with Crippen LogP contribution >= 0.6 is 0 Å². The molecule has 1 aromatic heterocycles. The molecular weight excluding hydrogens is 436 g/mol. The molecule has 0 saturated carbocycles. The summed E-state index contributed by atoms with van der Waals surface area (Å²) in [7, 11) is 0. The summed E-state index contributed by atoms with van der Waals surface area (Å²) in [6.07, 6.45) is 10.4. The van der Waals surface area contributed by atoms with Crippen molar-refractivity contribution in [1.82, 2.24) is 9.97 Å². The highest BCUT2D eigenvalue weighted by atomic mass is 16.5. The Kier molecular flexibility index (Phi) is 5.49. The van der Waals surface area contributed by atoms with Crippen molar-refractivity contribution in [2.24, 2.45) is 5.41 Å². The van der Waals surface area contributed by atoms with Gasteiger partial charge in [-0.15, -0.1) is 0 Å². The molecule has 3 aliphatic rings. The Bertz CT molecular complexity index is 1230. The molecule has 6 heteroatoms. The highest BCUT2D eigenvalue weighted by Gasteiger charge is 2.61. The Hall–Kier alpha value is -2.91. The number of amides is 1. The van der Waals surface area contributed by atoms with Gasteiger partial charge in [-0.25, -0.2) is 11.6 Å². The SMILES string of the molecule is [C-]#[N+]C1(c2ccc(NC(=O)c3ncc(C)[nH]3)c(C3=CCC(C)(C)CC3)c2)CC2(C)CC[C@](C)(C1)O2. The number of benzene rings is 1. The number of ether oxygens (including phenoxy) is 1. The maximum atomic E-state index is 13.0. The number of H-pyrrole nitrogens is 1. The molecule has 3 heterocycles. The molecular formula is C29H36N4O2. The Labute approximate surface area is 208 Å². The number of hydrogen-bond acceptors (Lipinski definition) is 3. The van der Waals surface area contributed by atoms with Crippen molar-refractivity contribution in [2.45, 2.75) is 96.3 Å². The lowest BCUT2D eigenvalue weighted by Crippen LogP contribution is -2.47. The lowest BCUT2D eigenvalue weighted by molar-refractivity contribution is -0.140. The molecule has 2 aromatic rings. The molecule has 184 valence electrons. The third-order valence-electron chi connectivity index (χ3n) is 8.26. The molecule has 1 aromatic carbocycles. The second-order valence-electron chi connectivity index (χ2n) is 12.2. The minimum Gasteiger partial charge on any atom is -0.368 e. The van der Waals surface area contributed by atoms with Gasteiger partial charge in [0.25, 0.3) is 11.4 Å². The number of carbonyl (C=O) groups is 1. The number of nitrogens with zero attached hydrogens (tertiary/aromatic N) is 2. The minimum absolute atomic E-state index is 0.257. The van der Waals surface area contributed by atoms with E-state index >= 15 is 0 Å². The number of aromatic nitrogens is 2. The van der Waals surface area contributed by atoms with Crippen molar-refractivity contribution in [1.29, 1.82) is 0 Å². The topological polar surface area (TPSA) is 71.4 Å². The van der Waals surface area contributed by atoms with Crippen LogP contribution < -0.4 is 5.32 Å². The molecule has 2 saturated heterocycles. The Balaban J connectivity index is 1.56. The van der Waals surface area contributed by atoms with E-state index in [9.17, 15) is 4.79 Å². The van der Waals surface area contributed by atoms with Gasteiger partial charge in [-0.05, 0) is 82.1 Å². The molecule has 2 bridgehead atoms. The zero-order valence-electron chi connectivity index (χ0n) is 21.5. The first-order valence-corrected chi connectivity index (χ1v) is 12.7. The second-order valence-corrected chi connectivity index (χ2v) is 12.2. The maximum Gasteiger partial charge on any atom is 0.291 e. The molecule has 2 fully saturated rings. The van der Waals surface area contributed by atoms with Crippen molar-refractivity contribution in [3.05, 3.63) is 64.5 Å². The van der Waals surface area contributed by atoms with Crippen molar-refractivity contribution in [3.8, 4) is 0 Å². The molecule has 1 amide bonds. The van der Waals surface area contributed by atoms with Crippen LogP contribution in [0.1, 0.15) is 100 Å².